The van der Waals surface area contributed by atoms with Crippen molar-refractivity contribution in [2.75, 3.05) is 19.0 Å². The summed E-state index contributed by atoms with van der Waals surface area (Å²) in [6.45, 7) is 0.406. The summed E-state index contributed by atoms with van der Waals surface area (Å²) in [6, 6.07) is 6.70. The summed E-state index contributed by atoms with van der Waals surface area (Å²) < 4.78 is 23.6. The van der Waals surface area contributed by atoms with E-state index in [9.17, 15) is 14.0 Å². The molecule has 26 heavy (non-hydrogen) atoms. The lowest BCUT2D eigenvalue weighted by Crippen LogP contribution is -2.35. The first-order valence-electron chi connectivity index (χ1n) is 7.73. The number of ether oxygens (including phenoxy) is 2. The van der Waals surface area contributed by atoms with Gasteiger partial charge in [0.15, 0.2) is 11.5 Å². The van der Waals surface area contributed by atoms with Crippen molar-refractivity contribution in [1.82, 2.24) is 10.3 Å². The monoisotopic (exact) mass is 379 g/mol. The number of carbonyl (C=O) groups excluding carboxylic acids is 2. The van der Waals surface area contributed by atoms with Crippen molar-refractivity contribution in [2.24, 2.45) is 0 Å². The lowest BCUT2D eigenvalue weighted by molar-refractivity contribution is 0.0588. The highest BCUT2D eigenvalue weighted by atomic mass is 35.5. The molecule has 0 fully saturated rings. The lowest BCUT2D eigenvalue weighted by Gasteiger charge is -2.27. The van der Waals surface area contributed by atoms with Gasteiger partial charge < -0.3 is 14.8 Å². The van der Waals surface area contributed by atoms with Crippen molar-refractivity contribution in [1.29, 1.82) is 0 Å². The maximum absolute atomic E-state index is 13.6. The summed E-state index contributed by atoms with van der Waals surface area (Å²) in [5.74, 6) is -1.21. The number of benzene rings is 1. The highest BCUT2D eigenvalue weighted by Crippen LogP contribution is 2.37. The number of halogens is 2. The molecule has 1 aliphatic heterocycles. The minimum absolute atomic E-state index is 0.0164. The van der Waals surface area contributed by atoms with Crippen LogP contribution in [0.25, 0.3) is 0 Å². The first-order chi connectivity index (χ1) is 12.5. The number of aromatic nitrogens is 1. The maximum atomic E-state index is 13.6. The van der Waals surface area contributed by atoms with Crippen molar-refractivity contribution in [3.05, 3.63) is 52.4 Å². The number of hydrogen-bond acceptors (Lipinski definition) is 5. The number of fused-ring (bicyclic) bond motifs is 1. The van der Waals surface area contributed by atoms with E-state index in [1.165, 1.54) is 6.07 Å². The molecule has 0 saturated carbocycles. The number of methoxy groups -OCH3 is 1. The molecule has 136 valence electrons. The molecule has 9 heteroatoms. The van der Waals surface area contributed by atoms with Gasteiger partial charge in [0, 0.05) is 12.0 Å². The van der Waals surface area contributed by atoms with E-state index in [1.807, 2.05) is 6.07 Å². The minimum Gasteiger partial charge on any atom is -0.492 e. The zero-order valence-electron chi connectivity index (χ0n) is 13.7. The number of anilines is 1. The Morgan fingerprint density at radius 3 is 2.92 bits per heavy atom. The number of para-hydroxylation sites is 1. The van der Waals surface area contributed by atoms with Crippen LogP contribution >= 0.6 is 11.6 Å². The first-order valence-corrected chi connectivity index (χ1v) is 8.11. The molecule has 0 radical (unpaired) electrons. The van der Waals surface area contributed by atoms with Crippen molar-refractivity contribution >= 4 is 29.4 Å². The van der Waals surface area contributed by atoms with E-state index in [-0.39, 0.29) is 11.9 Å². The average Bonchev–Trinajstić information content (AvgIpc) is 2.63. The van der Waals surface area contributed by atoms with E-state index in [0.717, 1.165) is 18.7 Å². The molecule has 1 aromatic heterocycles. The molecule has 0 spiro atoms. The van der Waals surface area contributed by atoms with Gasteiger partial charge in [-0.1, -0.05) is 23.7 Å². The van der Waals surface area contributed by atoms with Crippen LogP contribution in [-0.2, 0) is 4.74 Å². The van der Waals surface area contributed by atoms with Crippen LogP contribution in [0.4, 0.5) is 15.0 Å². The second-order valence-corrected chi connectivity index (χ2v) is 5.87. The second-order valence-electron chi connectivity index (χ2n) is 5.46. The lowest BCUT2D eigenvalue weighted by atomic mass is 10.0. The molecule has 2 heterocycles. The van der Waals surface area contributed by atoms with Gasteiger partial charge in [-0.15, -0.1) is 0 Å². The van der Waals surface area contributed by atoms with E-state index in [2.05, 4.69) is 20.4 Å². The van der Waals surface area contributed by atoms with Gasteiger partial charge in [0.2, 0.25) is 0 Å². The fraction of sp³-hybridized carbons (Fsp3) is 0.235. The number of hydrogen-bond donors (Lipinski definition) is 2. The topological polar surface area (TPSA) is 89.5 Å². The third-order valence-electron chi connectivity index (χ3n) is 3.80. The van der Waals surface area contributed by atoms with Gasteiger partial charge in [0.25, 0.3) is 0 Å². The van der Waals surface area contributed by atoms with Crippen LogP contribution in [-0.4, -0.2) is 30.7 Å². The molecular formula is C17H15ClFN3O4. The average molecular weight is 380 g/mol. The highest BCUT2D eigenvalue weighted by Gasteiger charge is 2.25. The predicted octanol–water partition coefficient (Wildman–Crippen LogP) is 3.31. The van der Waals surface area contributed by atoms with Crippen LogP contribution in [0.5, 0.6) is 5.75 Å². The summed E-state index contributed by atoms with van der Waals surface area (Å²) in [7, 11) is 1.12. The maximum Gasteiger partial charge on any atom is 0.359 e. The Morgan fingerprint density at radius 1 is 1.35 bits per heavy atom. The van der Waals surface area contributed by atoms with E-state index in [1.54, 1.807) is 12.1 Å². The van der Waals surface area contributed by atoms with Crippen LogP contribution < -0.4 is 15.4 Å². The molecule has 0 aliphatic carbocycles. The Hall–Kier alpha value is -2.87. The van der Waals surface area contributed by atoms with Crippen LogP contribution in [0.1, 0.15) is 28.5 Å². The standard InChI is InChI=1S/C17H15ClFN3O4/c1-25-16(23)14-11(19)5-6-13(21-14)22-17(24)20-12-7-8-26-15-9(12)3-2-4-10(15)18/h2-6,12H,7-8H2,1H3,(H2,20,21,22,24)/t12-/m0/s1. The Kier molecular flexibility index (Phi) is 5.22. The van der Waals surface area contributed by atoms with Gasteiger partial charge in [0.1, 0.15) is 11.6 Å². The molecule has 1 aromatic carbocycles. The molecule has 1 atom stereocenters. The van der Waals surface area contributed by atoms with Gasteiger partial charge in [-0.3, -0.25) is 5.32 Å². The van der Waals surface area contributed by atoms with Crippen molar-refractivity contribution in [2.45, 2.75) is 12.5 Å². The largest absolute Gasteiger partial charge is 0.492 e. The fourth-order valence-corrected chi connectivity index (χ4v) is 2.84. The Balaban J connectivity index is 1.73. The van der Waals surface area contributed by atoms with Gasteiger partial charge in [0.05, 0.1) is 24.8 Å². The molecule has 0 saturated heterocycles. The molecule has 0 bridgehead atoms. The molecule has 7 nitrogen and oxygen atoms in total. The quantitative estimate of drug-likeness (QED) is 0.798. The molecule has 2 N–H and O–H groups in total. The summed E-state index contributed by atoms with van der Waals surface area (Å²) in [5.41, 5.74) is 0.259. The smallest absolute Gasteiger partial charge is 0.359 e. The number of pyridine rings is 1. The Bertz CT molecular complexity index is 862. The molecule has 0 unspecified atom stereocenters. The number of rotatable bonds is 3. The van der Waals surface area contributed by atoms with Gasteiger partial charge in [-0.05, 0) is 18.2 Å². The molecule has 3 rings (SSSR count). The number of esters is 1. The number of nitrogens with zero attached hydrogens (tertiary/aromatic N) is 1. The Morgan fingerprint density at radius 2 is 2.15 bits per heavy atom. The number of carbonyl (C=O) groups is 2. The Labute approximate surface area is 153 Å². The second kappa shape index (κ2) is 7.57. The van der Waals surface area contributed by atoms with Gasteiger partial charge in [-0.2, -0.15) is 0 Å². The highest BCUT2D eigenvalue weighted by molar-refractivity contribution is 6.32. The normalized spacial score (nSPS) is 15.4. The van der Waals surface area contributed by atoms with E-state index < -0.39 is 23.5 Å². The van der Waals surface area contributed by atoms with Crippen LogP contribution in [0.2, 0.25) is 5.02 Å². The van der Waals surface area contributed by atoms with Crippen molar-refractivity contribution < 1.29 is 23.5 Å². The van der Waals surface area contributed by atoms with E-state index in [0.29, 0.717) is 23.8 Å². The molecule has 2 aromatic rings. The van der Waals surface area contributed by atoms with E-state index >= 15 is 0 Å². The van der Waals surface area contributed by atoms with Crippen molar-refractivity contribution in [3.8, 4) is 5.75 Å². The van der Waals surface area contributed by atoms with Crippen molar-refractivity contribution in [3.63, 3.8) is 0 Å². The predicted molar refractivity (Wildman–Crippen MR) is 92.0 cm³/mol. The zero-order valence-corrected chi connectivity index (χ0v) is 14.5. The summed E-state index contributed by atoms with van der Waals surface area (Å²) in [5, 5.41) is 5.73. The van der Waals surface area contributed by atoms with Gasteiger partial charge >= 0.3 is 12.0 Å². The van der Waals surface area contributed by atoms with Crippen LogP contribution in [0.3, 0.4) is 0 Å². The number of urea groups is 1. The zero-order chi connectivity index (χ0) is 18.7. The minimum atomic E-state index is -0.931. The molecular weight excluding hydrogens is 365 g/mol. The third-order valence-corrected chi connectivity index (χ3v) is 4.10. The summed E-state index contributed by atoms with van der Waals surface area (Å²) in [4.78, 5) is 27.5. The molecule has 2 amide bonds. The summed E-state index contributed by atoms with van der Waals surface area (Å²) >= 11 is 6.11. The molecule has 1 aliphatic rings. The van der Waals surface area contributed by atoms with Crippen LogP contribution in [0, 0.1) is 5.82 Å². The number of amides is 2. The fourth-order valence-electron chi connectivity index (χ4n) is 2.60. The third kappa shape index (κ3) is 3.70. The first kappa shape index (κ1) is 17.9. The summed E-state index contributed by atoms with van der Waals surface area (Å²) in [6.07, 6.45) is 0.561. The van der Waals surface area contributed by atoms with Gasteiger partial charge in [-0.25, -0.2) is 19.0 Å². The van der Waals surface area contributed by atoms with E-state index in [4.69, 9.17) is 16.3 Å². The number of nitrogens with one attached hydrogen (secondary N) is 2. The SMILES string of the molecule is COC(=O)c1nc(NC(=O)N[C@H]2CCOc3c(Cl)cccc32)ccc1F. The van der Waals surface area contributed by atoms with Crippen LogP contribution in [0.15, 0.2) is 30.3 Å².